The van der Waals surface area contributed by atoms with Crippen LogP contribution in [0, 0.1) is 11.3 Å². The maximum Gasteiger partial charge on any atom is 0.410 e. The molecule has 4 N–H and O–H groups in total. The molecule has 2 saturated heterocycles. The molecule has 0 aromatic carbocycles. The Morgan fingerprint density at radius 3 is 2.73 bits per heavy atom. The lowest BCUT2D eigenvalue weighted by atomic mass is 9.97. The van der Waals surface area contributed by atoms with Crippen LogP contribution in [0.15, 0.2) is 11.6 Å². The van der Waals surface area contributed by atoms with Crippen molar-refractivity contribution >= 4 is 18.0 Å². The van der Waals surface area contributed by atoms with E-state index in [0.29, 0.717) is 45.6 Å². The van der Waals surface area contributed by atoms with Gasteiger partial charge in [-0.3, -0.25) is 15.1 Å². The van der Waals surface area contributed by atoms with Crippen LogP contribution in [0.25, 0.3) is 0 Å². The molecule has 3 rings (SSSR count). The second-order valence-corrected chi connectivity index (χ2v) is 7.24. The van der Waals surface area contributed by atoms with Crippen LogP contribution in [0.1, 0.15) is 19.3 Å². The van der Waals surface area contributed by atoms with Crippen LogP contribution >= 0.6 is 0 Å². The number of nitrogens with zero attached hydrogens (tertiary/aromatic N) is 3. The molecule has 1 atom stereocenters. The van der Waals surface area contributed by atoms with Gasteiger partial charge in [-0.05, 0) is 32.4 Å². The number of guanidine groups is 1. The normalized spacial score (nSPS) is 24.7. The standard InChI is InChI=1S/C17H27N5O4/c18-16(19)21-7-1-12(9-21)2-8-22-11-14(26-17(22)25)10-20-5-3-13(4-6-20)15(23)24/h1,13-14H,2-11H2,(H3,18,19)(H,23,24). The van der Waals surface area contributed by atoms with Crippen molar-refractivity contribution in [2.45, 2.75) is 25.4 Å². The Hall–Kier alpha value is -2.29. The lowest BCUT2D eigenvalue weighted by Gasteiger charge is -2.31. The Kier molecular flexibility index (Phi) is 5.65. The number of carboxylic acid groups (broad SMARTS) is 1. The third kappa shape index (κ3) is 4.46. The highest BCUT2D eigenvalue weighted by Gasteiger charge is 2.34. The number of hydrogen-bond acceptors (Lipinski definition) is 5. The third-order valence-electron chi connectivity index (χ3n) is 5.39. The molecule has 0 aromatic heterocycles. The number of carbonyl (C=O) groups is 2. The smallest absolute Gasteiger partial charge is 0.410 e. The Bertz CT molecular complexity index is 600. The third-order valence-corrected chi connectivity index (χ3v) is 5.39. The summed E-state index contributed by atoms with van der Waals surface area (Å²) in [4.78, 5) is 28.8. The van der Waals surface area contributed by atoms with E-state index < -0.39 is 5.97 Å². The van der Waals surface area contributed by atoms with E-state index in [1.54, 1.807) is 9.80 Å². The first-order valence-corrected chi connectivity index (χ1v) is 9.10. The van der Waals surface area contributed by atoms with Crippen molar-refractivity contribution in [2.24, 2.45) is 11.7 Å². The van der Waals surface area contributed by atoms with Crippen molar-refractivity contribution in [2.75, 3.05) is 45.8 Å². The van der Waals surface area contributed by atoms with Crippen LogP contribution in [-0.2, 0) is 9.53 Å². The fourth-order valence-electron chi connectivity index (χ4n) is 3.76. The molecule has 2 fully saturated rings. The number of ether oxygens (including phenoxy) is 1. The summed E-state index contributed by atoms with van der Waals surface area (Å²) in [6, 6.07) is 0. The molecular weight excluding hydrogens is 338 g/mol. The molecule has 9 nitrogen and oxygen atoms in total. The van der Waals surface area contributed by atoms with Crippen molar-refractivity contribution in [3.05, 3.63) is 11.6 Å². The summed E-state index contributed by atoms with van der Waals surface area (Å²) in [5.41, 5.74) is 6.67. The van der Waals surface area contributed by atoms with Gasteiger partial charge in [0.1, 0.15) is 6.10 Å². The quantitative estimate of drug-likeness (QED) is 0.347. The summed E-state index contributed by atoms with van der Waals surface area (Å²) >= 11 is 0. The number of amides is 1. The van der Waals surface area contributed by atoms with Crippen molar-refractivity contribution in [1.29, 1.82) is 5.41 Å². The van der Waals surface area contributed by atoms with Gasteiger partial charge in [-0.2, -0.15) is 0 Å². The molecule has 0 bridgehead atoms. The highest BCUT2D eigenvalue weighted by molar-refractivity contribution is 5.75. The lowest BCUT2D eigenvalue weighted by Crippen LogP contribution is -2.41. The van der Waals surface area contributed by atoms with Crippen LogP contribution in [0.3, 0.4) is 0 Å². The highest BCUT2D eigenvalue weighted by atomic mass is 16.6. The topological polar surface area (TPSA) is 123 Å². The first kappa shape index (κ1) is 18.5. The fraction of sp³-hybridized carbons (Fsp3) is 0.706. The average molecular weight is 365 g/mol. The molecule has 0 spiro atoms. The van der Waals surface area contributed by atoms with E-state index in [2.05, 4.69) is 11.0 Å². The van der Waals surface area contributed by atoms with Crippen LogP contribution in [0.4, 0.5) is 4.79 Å². The molecule has 3 aliphatic heterocycles. The number of nitrogens with two attached hydrogens (primary N) is 1. The Labute approximate surface area is 152 Å². The van der Waals surface area contributed by atoms with Crippen molar-refractivity contribution in [1.82, 2.24) is 14.7 Å². The van der Waals surface area contributed by atoms with Gasteiger partial charge >= 0.3 is 12.1 Å². The molecule has 144 valence electrons. The summed E-state index contributed by atoms with van der Waals surface area (Å²) in [6.07, 6.45) is 3.69. The van der Waals surface area contributed by atoms with E-state index in [4.69, 9.17) is 21.0 Å². The maximum atomic E-state index is 12.1. The Morgan fingerprint density at radius 1 is 1.38 bits per heavy atom. The van der Waals surface area contributed by atoms with Gasteiger partial charge < -0.3 is 25.4 Å². The second kappa shape index (κ2) is 7.94. The number of nitrogens with one attached hydrogen (secondary N) is 1. The minimum Gasteiger partial charge on any atom is -0.481 e. The van der Waals surface area contributed by atoms with E-state index in [0.717, 1.165) is 19.5 Å². The number of piperidine rings is 1. The van der Waals surface area contributed by atoms with Gasteiger partial charge in [0, 0.05) is 26.2 Å². The van der Waals surface area contributed by atoms with Crippen LogP contribution in [0.5, 0.6) is 0 Å². The monoisotopic (exact) mass is 365 g/mol. The largest absolute Gasteiger partial charge is 0.481 e. The summed E-state index contributed by atoms with van der Waals surface area (Å²) in [7, 11) is 0. The van der Waals surface area contributed by atoms with Gasteiger partial charge in [-0.1, -0.05) is 11.6 Å². The minimum absolute atomic E-state index is 0.0727. The summed E-state index contributed by atoms with van der Waals surface area (Å²) in [5.74, 6) is -0.889. The summed E-state index contributed by atoms with van der Waals surface area (Å²) in [6.45, 7) is 4.62. The van der Waals surface area contributed by atoms with Gasteiger partial charge in [0.15, 0.2) is 5.96 Å². The molecule has 0 saturated carbocycles. The first-order valence-electron chi connectivity index (χ1n) is 9.10. The Morgan fingerprint density at radius 2 is 2.12 bits per heavy atom. The molecule has 9 heteroatoms. The van der Waals surface area contributed by atoms with Gasteiger partial charge in [0.2, 0.25) is 0 Å². The number of hydrogen-bond donors (Lipinski definition) is 3. The van der Waals surface area contributed by atoms with Crippen molar-refractivity contribution in [3.8, 4) is 0 Å². The SMILES string of the molecule is N=C(N)N1CC=C(CCN2CC(CN3CCC(C(=O)O)CC3)OC2=O)C1. The number of aliphatic carboxylic acids is 1. The van der Waals surface area contributed by atoms with Crippen molar-refractivity contribution in [3.63, 3.8) is 0 Å². The molecule has 0 aromatic rings. The van der Waals surface area contributed by atoms with Gasteiger partial charge in [0.05, 0.1) is 12.5 Å². The predicted molar refractivity (Wildman–Crippen MR) is 94.8 cm³/mol. The van der Waals surface area contributed by atoms with E-state index in [-0.39, 0.29) is 24.1 Å². The second-order valence-electron chi connectivity index (χ2n) is 7.24. The summed E-state index contributed by atoms with van der Waals surface area (Å²) in [5, 5.41) is 16.5. The minimum atomic E-state index is -0.715. The molecule has 0 aliphatic carbocycles. The number of carbonyl (C=O) groups excluding carboxylic acids is 1. The number of likely N-dealkylation sites (tertiary alicyclic amines) is 1. The first-order chi connectivity index (χ1) is 12.4. The van der Waals surface area contributed by atoms with Gasteiger partial charge in [0.25, 0.3) is 0 Å². The van der Waals surface area contributed by atoms with Gasteiger partial charge in [-0.25, -0.2) is 4.79 Å². The van der Waals surface area contributed by atoms with Crippen LogP contribution in [0.2, 0.25) is 0 Å². The molecule has 1 unspecified atom stereocenters. The zero-order valence-corrected chi connectivity index (χ0v) is 14.9. The fourth-order valence-corrected chi connectivity index (χ4v) is 3.76. The van der Waals surface area contributed by atoms with E-state index >= 15 is 0 Å². The van der Waals surface area contributed by atoms with E-state index in [9.17, 15) is 9.59 Å². The molecule has 1 amide bonds. The zero-order chi connectivity index (χ0) is 18.7. The summed E-state index contributed by atoms with van der Waals surface area (Å²) < 4.78 is 5.47. The van der Waals surface area contributed by atoms with Crippen LogP contribution < -0.4 is 5.73 Å². The number of cyclic esters (lactones) is 1. The average Bonchev–Trinajstić information content (AvgIpc) is 3.20. The molecule has 0 radical (unpaired) electrons. The highest BCUT2D eigenvalue weighted by Crippen LogP contribution is 2.21. The molecule has 3 aliphatic rings. The molecular formula is C17H27N5O4. The predicted octanol–water partition coefficient (Wildman–Crippen LogP) is 0.129. The maximum absolute atomic E-state index is 12.1. The van der Waals surface area contributed by atoms with Gasteiger partial charge in [-0.15, -0.1) is 0 Å². The zero-order valence-electron chi connectivity index (χ0n) is 14.9. The Balaban J connectivity index is 1.39. The van der Waals surface area contributed by atoms with Crippen molar-refractivity contribution < 1.29 is 19.4 Å². The number of rotatable bonds is 6. The van der Waals surface area contributed by atoms with E-state index in [1.807, 2.05) is 0 Å². The van der Waals surface area contributed by atoms with Crippen LogP contribution in [-0.4, -0.2) is 89.7 Å². The molecule has 26 heavy (non-hydrogen) atoms. The van der Waals surface area contributed by atoms with E-state index in [1.165, 1.54) is 5.57 Å². The lowest BCUT2D eigenvalue weighted by molar-refractivity contribution is -0.143. The molecule has 3 heterocycles. The number of carboxylic acids is 1.